The Morgan fingerprint density at radius 1 is 1.17 bits per heavy atom. The van der Waals surface area contributed by atoms with E-state index in [1.54, 1.807) is 4.90 Å². The molecule has 154 valence electrons. The lowest BCUT2D eigenvalue weighted by atomic mass is 10.1. The minimum Gasteiger partial charge on any atom is -0.493 e. The number of nitrogens with zero attached hydrogens (tertiary/aromatic N) is 2. The summed E-state index contributed by atoms with van der Waals surface area (Å²) in [5, 5.41) is 2.68. The van der Waals surface area contributed by atoms with E-state index in [4.69, 9.17) is 9.47 Å². The molecule has 7 heteroatoms. The van der Waals surface area contributed by atoms with Gasteiger partial charge in [0.25, 0.3) is 0 Å². The van der Waals surface area contributed by atoms with E-state index in [1.807, 2.05) is 60.8 Å². The number of carbonyl (C=O) groups is 2. The van der Waals surface area contributed by atoms with Crippen molar-refractivity contribution in [1.82, 2.24) is 4.98 Å². The number of esters is 1. The molecule has 1 aliphatic heterocycles. The molecule has 0 fully saturated rings. The molecule has 0 unspecified atom stereocenters. The highest BCUT2D eigenvalue weighted by atomic mass is 32.1. The van der Waals surface area contributed by atoms with E-state index in [0.717, 1.165) is 27.6 Å². The number of hydrogen-bond acceptors (Lipinski definition) is 6. The number of para-hydroxylation sites is 2. The maximum atomic E-state index is 13.2. The van der Waals surface area contributed by atoms with Gasteiger partial charge in [-0.05, 0) is 30.7 Å². The predicted molar refractivity (Wildman–Crippen MR) is 116 cm³/mol. The zero-order chi connectivity index (χ0) is 21.1. The van der Waals surface area contributed by atoms with Crippen LogP contribution in [0.1, 0.15) is 18.2 Å². The molecule has 1 aromatic heterocycles. The van der Waals surface area contributed by atoms with Gasteiger partial charge in [0.05, 0.1) is 31.4 Å². The Labute approximate surface area is 179 Å². The molecular weight excluding hydrogens is 400 g/mol. The summed E-state index contributed by atoms with van der Waals surface area (Å²) in [7, 11) is 1.34. The van der Waals surface area contributed by atoms with Crippen molar-refractivity contribution in [2.24, 2.45) is 0 Å². The van der Waals surface area contributed by atoms with E-state index in [1.165, 1.54) is 18.4 Å². The molecule has 4 rings (SSSR count). The van der Waals surface area contributed by atoms with Crippen LogP contribution in [0.4, 0.5) is 5.69 Å². The molecule has 1 atom stereocenters. The van der Waals surface area contributed by atoms with E-state index in [0.29, 0.717) is 18.7 Å². The van der Waals surface area contributed by atoms with E-state index in [9.17, 15) is 9.59 Å². The number of methoxy groups -OCH3 is 1. The fraction of sp³-hybridized carbons (Fsp3) is 0.261. The topological polar surface area (TPSA) is 68.7 Å². The first-order valence-electron chi connectivity index (χ1n) is 9.76. The van der Waals surface area contributed by atoms with Gasteiger partial charge in [0.15, 0.2) is 0 Å². The first-order valence-corrected chi connectivity index (χ1v) is 10.6. The first kappa shape index (κ1) is 20.1. The Hall–Kier alpha value is -3.19. The average Bonchev–Trinajstić information content (AvgIpc) is 3.38. The van der Waals surface area contributed by atoms with Crippen LogP contribution >= 0.6 is 11.3 Å². The molecule has 1 aliphatic rings. The third-order valence-corrected chi connectivity index (χ3v) is 5.94. The van der Waals surface area contributed by atoms with Crippen LogP contribution in [0.3, 0.4) is 0 Å². The summed E-state index contributed by atoms with van der Waals surface area (Å²) >= 11 is 1.47. The maximum Gasteiger partial charge on any atom is 0.329 e. The minimum atomic E-state index is -0.642. The summed E-state index contributed by atoms with van der Waals surface area (Å²) < 4.78 is 10.6. The molecule has 0 saturated carbocycles. The number of amides is 1. The molecule has 0 aliphatic carbocycles. The monoisotopic (exact) mass is 422 g/mol. The van der Waals surface area contributed by atoms with E-state index in [-0.39, 0.29) is 12.3 Å². The Bertz CT molecular complexity index is 1080. The summed E-state index contributed by atoms with van der Waals surface area (Å²) in [6.45, 7) is 2.51. The minimum absolute atomic E-state index is 0.106. The van der Waals surface area contributed by atoms with Crippen molar-refractivity contribution in [3.63, 3.8) is 0 Å². The number of carbonyl (C=O) groups excluding carboxylic acids is 2. The fourth-order valence-corrected chi connectivity index (χ4v) is 4.54. The number of ether oxygens (including phenoxy) is 2. The van der Waals surface area contributed by atoms with Crippen LogP contribution in [0.5, 0.6) is 5.75 Å². The molecule has 0 N–H and O–H groups in total. The van der Waals surface area contributed by atoms with Crippen molar-refractivity contribution in [1.29, 1.82) is 0 Å². The number of thiazole rings is 1. The zero-order valence-corrected chi connectivity index (χ0v) is 17.6. The van der Waals surface area contributed by atoms with Crippen LogP contribution in [-0.2, 0) is 27.2 Å². The first-order chi connectivity index (χ1) is 14.6. The molecule has 0 spiro atoms. The van der Waals surface area contributed by atoms with Crippen LogP contribution < -0.4 is 9.64 Å². The lowest BCUT2D eigenvalue weighted by Gasteiger charge is -2.23. The van der Waals surface area contributed by atoms with Crippen LogP contribution in [0.15, 0.2) is 53.9 Å². The van der Waals surface area contributed by atoms with Crippen molar-refractivity contribution in [3.8, 4) is 16.3 Å². The Kier molecular flexibility index (Phi) is 5.81. The molecule has 0 radical (unpaired) electrons. The standard InChI is InChI=1S/C23H22N2O4S/c1-3-29-20-11-7-5-9-17(20)22-24-16(14-30-22)13-21(26)25-18-10-6-4-8-15(18)12-19(25)23(27)28-2/h4-11,14,19H,3,12-13H2,1-2H3/t19-/m0/s1. The van der Waals surface area contributed by atoms with Crippen molar-refractivity contribution in [2.75, 3.05) is 18.6 Å². The van der Waals surface area contributed by atoms with Crippen molar-refractivity contribution in [2.45, 2.75) is 25.8 Å². The molecule has 6 nitrogen and oxygen atoms in total. The zero-order valence-electron chi connectivity index (χ0n) is 16.8. The largest absolute Gasteiger partial charge is 0.493 e. The number of hydrogen-bond donors (Lipinski definition) is 0. The second kappa shape index (κ2) is 8.67. The van der Waals surface area contributed by atoms with Gasteiger partial charge in [-0.15, -0.1) is 11.3 Å². The highest BCUT2D eigenvalue weighted by molar-refractivity contribution is 7.13. The van der Waals surface area contributed by atoms with Gasteiger partial charge in [-0.3, -0.25) is 9.69 Å². The highest BCUT2D eigenvalue weighted by Gasteiger charge is 2.38. The summed E-state index contributed by atoms with van der Waals surface area (Å²) in [5.74, 6) is 0.181. The van der Waals surface area contributed by atoms with Crippen LogP contribution in [0.2, 0.25) is 0 Å². The number of fused-ring (bicyclic) bond motifs is 1. The fourth-order valence-electron chi connectivity index (χ4n) is 3.70. The van der Waals surface area contributed by atoms with Gasteiger partial charge in [0.2, 0.25) is 5.91 Å². The van der Waals surface area contributed by atoms with E-state index in [2.05, 4.69) is 4.98 Å². The van der Waals surface area contributed by atoms with Gasteiger partial charge in [0, 0.05) is 17.5 Å². The summed E-state index contributed by atoms with van der Waals surface area (Å²) in [5.41, 5.74) is 3.29. The molecule has 1 amide bonds. The molecule has 2 heterocycles. The SMILES string of the molecule is CCOc1ccccc1-c1nc(CC(=O)N2c3ccccc3C[C@H]2C(=O)OC)cs1. The number of benzene rings is 2. The molecule has 0 saturated heterocycles. The number of anilines is 1. The molecule has 2 aromatic carbocycles. The van der Waals surface area contributed by atoms with Gasteiger partial charge >= 0.3 is 5.97 Å². The third kappa shape index (κ3) is 3.80. The third-order valence-electron chi connectivity index (χ3n) is 5.02. The second-order valence-corrected chi connectivity index (χ2v) is 7.74. The smallest absolute Gasteiger partial charge is 0.329 e. The lowest BCUT2D eigenvalue weighted by Crippen LogP contribution is -2.44. The van der Waals surface area contributed by atoms with E-state index >= 15 is 0 Å². The van der Waals surface area contributed by atoms with Crippen molar-refractivity contribution in [3.05, 3.63) is 65.2 Å². The summed E-state index contributed by atoms with van der Waals surface area (Å²) in [6, 6.07) is 14.7. The number of aromatic nitrogens is 1. The molecule has 30 heavy (non-hydrogen) atoms. The van der Waals surface area contributed by atoms with Crippen LogP contribution in [0.25, 0.3) is 10.6 Å². The van der Waals surface area contributed by atoms with Gasteiger partial charge in [0.1, 0.15) is 16.8 Å². The molecule has 0 bridgehead atoms. The summed E-state index contributed by atoms with van der Waals surface area (Å²) in [4.78, 5) is 31.7. The van der Waals surface area contributed by atoms with E-state index < -0.39 is 12.0 Å². The number of rotatable bonds is 6. The highest BCUT2D eigenvalue weighted by Crippen LogP contribution is 2.35. The Morgan fingerprint density at radius 2 is 1.93 bits per heavy atom. The van der Waals surface area contributed by atoms with Crippen molar-refractivity contribution < 1.29 is 19.1 Å². The van der Waals surface area contributed by atoms with Crippen molar-refractivity contribution >= 4 is 28.9 Å². The van der Waals surface area contributed by atoms with Crippen LogP contribution in [-0.4, -0.2) is 36.6 Å². The molecular formula is C23H22N2O4S. The lowest BCUT2D eigenvalue weighted by molar-refractivity contribution is -0.143. The average molecular weight is 423 g/mol. The predicted octanol–water partition coefficient (Wildman–Crippen LogP) is 3.88. The normalized spacial score (nSPS) is 15.0. The quantitative estimate of drug-likeness (QED) is 0.564. The summed E-state index contributed by atoms with van der Waals surface area (Å²) in [6.07, 6.45) is 0.563. The van der Waals surface area contributed by atoms with Gasteiger partial charge in [-0.25, -0.2) is 9.78 Å². The molecule has 3 aromatic rings. The van der Waals surface area contributed by atoms with Gasteiger partial charge < -0.3 is 9.47 Å². The van der Waals surface area contributed by atoms with Crippen LogP contribution in [0, 0.1) is 0 Å². The van der Waals surface area contributed by atoms with Gasteiger partial charge in [-0.1, -0.05) is 30.3 Å². The maximum absolute atomic E-state index is 13.2. The second-order valence-electron chi connectivity index (χ2n) is 6.89. The Morgan fingerprint density at radius 3 is 2.73 bits per heavy atom. The van der Waals surface area contributed by atoms with Gasteiger partial charge in [-0.2, -0.15) is 0 Å². The Balaban J connectivity index is 1.58.